The van der Waals surface area contributed by atoms with Crippen LogP contribution in [0.25, 0.3) is 11.1 Å². The summed E-state index contributed by atoms with van der Waals surface area (Å²) in [5.74, 6) is -1.09. The first-order chi connectivity index (χ1) is 11.1. The number of ether oxygens (including phenoxy) is 1. The van der Waals surface area contributed by atoms with Crippen LogP contribution in [0.4, 0.5) is 10.1 Å². The van der Waals surface area contributed by atoms with Crippen LogP contribution < -0.4 is 21.3 Å². The highest BCUT2D eigenvalue weighted by atomic mass is 19.1. The van der Waals surface area contributed by atoms with Gasteiger partial charge in [-0.25, -0.2) is 4.39 Å². The van der Waals surface area contributed by atoms with Gasteiger partial charge in [-0.15, -0.1) is 0 Å². The Morgan fingerprint density at radius 2 is 1.78 bits per heavy atom. The molecule has 1 unspecified atom stereocenters. The fraction of sp³-hybridized carbons (Fsp3) is 0.294. The molecule has 23 heavy (non-hydrogen) atoms. The van der Waals surface area contributed by atoms with Crippen LogP contribution >= 0.6 is 0 Å². The van der Waals surface area contributed by atoms with Crippen LogP contribution in [0.3, 0.4) is 0 Å². The Morgan fingerprint density at radius 1 is 1.04 bits per heavy atom. The molecule has 1 atom stereocenters. The number of benzene rings is 2. The number of halogens is 1. The first-order valence-corrected chi connectivity index (χ1v) is 7.52. The Balaban J connectivity index is 2.10. The van der Waals surface area contributed by atoms with Crippen molar-refractivity contribution in [3.8, 4) is 11.1 Å². The molecular weight excluding hydrogens is 295 g/mol. The van der Waals surface area contributed by atoms with E-state index in [1.165, 1.54) is 12.1 Å². The van der Waals surface area contributed by atoms with Crippen LogP contribution in [-0.2, 0) is 10.6 Å². The van der Waals surface area contributed by atoms with E-state index in [4.69, 9.17) is 4.74 Å². The topological polar surface area (TPSA) is 57.3 Å². The van der Waals surface area contributed by atoms with E-state index in [0.717, 1.165) is 22.4 Å². The molecule has 0 fully saturated rings. The molecular formula is C17H21FN4O. The molecule has 1 aliphatic rings. The predicted molar refractivity (Wildman–Crippen MR) is 89.2 cm³/mol. The van der Waals surface area contributed by atoms with Gasteiger partial charge < -0.3 is 10.1 Å². The number of anilines is 1. The lowest BCUT2D eigenvalue weighted by Gasteiger charge is -2.42. The van der Waals surface area contributed by atoms with Crippen molar-refractivity contribution in [2.24, 2.45) is 0 Å². The van der Waals surface area contributed by atoms with Gasteiger partial charge >= 0.3 is 0 Å². The summed E-state index contributed by atoms with van der Waals surface area (Å²) in [5.41, 5.74) is 3.60. The molecule has 3 rings (SSSR count). The molecule has 0 bridgehead atoms. The summed E-state index contributed by atoms with van der Waals surface area (Å²) in [5, 5.41) is 12.7. The lowest BCUT2D eigenvalue weighted by molar-refractivity contribution is -0.141. The summed E-state index contributed by atoms with van der Waals surface area (Å²) < 4.78 is 19.5. The Hall–Kier alpha value is -1.99. The molecule has 122 valence electrons. The molecule has 0 saturated heterocycles. The van der Waals surface area contributed by atoms with Gasteiger partial charge in [-0.2, -0.15) is 0 Å². The van der Waals surface area contributed by atoms with Gasteiger partial charge in [0.25, 0.3) is 0 Å². The lowest BCUT2D eigenvalue weighted by atomic mass is 9.98. The van der Waals surface area contributed by atoms with Crippen LogP contribution in [0.1, 0.15) is 5.56 Å². The monoisotopic (exact) mass is 316 g/mol. The largest absolute Gasteiger partial charge is 0.347 e. The molecule has 2 aromatic carbocycles. The van der Waals surface area contributed by atoms with Gasteiger partial charge in [-0.3, -0.25) is 16.0 Å². The van der Waals surface area contributed by atoms with Gasteiger partial charge in [0.2, 0.25) is 5.85 Å². The maximum Gasteiger partial charge on any atom is 0.207 e. The minimum Gasteiger partial charge on any atom is -0.347 e. The van der Waals surface area contributed by atoms with Crippen molar-refractivity contribution >= 4 is 5.69 Å². The van der Waals surface area contributed by atoms with E-state index in [9.17, 15) is 4.39 Å². The van der Waals surface area contributed by atoms with Crippen molar-refractivity contribution in [3.63, 3.8) is 0 Å². The molecule has 1 aliphatic heterocycles. The van der Waals surface area contributed by atoms with E-state index in [1.807, 2.05) is 45.4 Å². The lowest BCUT2D eigenvalue weighted by Crippen LogP contribution is -2.60. The van der Waals surface area contributed by atoms with Crippen LogP contribution in [-0.4, -0.2) is 27.5 Å². The Labute approximate surface area is 135 Å². The zero-order valence-corrected chi connectivity index (χ0v) is 13.4. The Kier molecular flexibility index (Phi) is 4.32. The fourth-order valence-electron chi connectivity index (χ4n) is 2.86. The predicted octanol–water partition coefficient (Wildman–Crippen LogP) is 1.99. The van der Waals surface area contributed by atoms with Crippen LogP contribution in [0, 0.1) is 5.82 Å². The van der Waals surface area contributed by atoms with Crippen molar-refractivity contribution in [2.75, 3.05) is 26.5 Å². The second-order valence-corrected chi connectivity index (χ2v) is 5.38. The second kappa shape index (κ2) is 6.25. The summed E-state index contributed by atoms with van der Waals surface area (Å²) in [6.45, 7) is 0. The average Bonchev–Trinajstić information content (AvgIpc) is 2.60. The molecule has 1 heterocycles. The van der Waals surface area contributed by atoms with E-state index < -0.39 is 5.85 Å². The van der Waals surface area contributed by atoms with Crippen molar-refractivity contribution in [1.29, 1.82) is 0 Å². The van der Waals surface area contributed by atoms with E-state index in [2.05, 4.69) is 21.3 Å². The third-order valence-electron chi connectivity index (χ3n) is 4.10. The molecule has 6 heteroatoms. The highest BCUT2D eigenvalue weighted by molar-refractivity contribution is 5.70. The third-order valence-corrected chi connectivity index (χ3v) is 4.10. The molecule has 0 radical (unpaired) electrons. The zero-order valence-electron chi connectivity index (χ0n) is 13.4. The molecule has 0 spiro atoms. The molecule has 0 saturated carbocycles. The summed E-state index contributed by atoms with van der Waals surface area (Å²) in [6.07, 6.45) is -0.331. The summed E-state index contributed by atoms with van der Waals surface area (Å²) in [6, 6.07) is 12.5. The van der Waals surface area contributed by atoms with Gasteiger partial charge in [0.1, 0.15) is 5.82 Å². The molecule has 5 nitrogen and oxygen atoms in total. The minimum absolute atomic E-state index is 0.252. The van der Waals surface area contributed by atoms with Gasteiger partial charge in [0.05, 0.1) is 0 Å². The van der Waals surface area contributed by atoms with E-state index in [0.29, 0.717) is 0 Å². The molecule has 2 aromatic rings. The minimum atomic E-state index is -0.836. The standard InChI is InChI=1S/C17H21FN4O/c1-19-16-22-15-8-7-12(11-5-4-6-13(18)9-11)10-14(15)17(20-2,21-3)23-16/h4-10,16,19-22H,1-3H3. The molecule has 0 amide bonds. The van der Waals surface area contributed by atoms with Crippen LogP contribution in [0.15, 0.2) is 42.5 Å². The normalized spacial score (nSPS) is 19.0. The maximum atomic E-state index is 13.5. The SMILES string of the molecule is CNC1Nc2ccc(-c3cccc(F)c3)cc2C(NC)(NC)O1. The quantitative estimate of drug-likeness (QED) is 0.650. The van der Waals surface area contributed by atoms with E-state index in [1.54, 1.807) is 6.07 Å². The second-order valence-electron chi connectivity index (χ2n) is 5.38. The Morgan fingerprint density at radius 3 is 2.43 bits per heavy atom. The van der Waals surface area contributed by atoms with Crippen molar-refractivity contribution < 1.29 is 9.13 Å². The number of fused-ring (bicyclic) bond motifs is 1. The molecule has 0 aromatic heterocycles. The number of hydrogen-bond donors (Lipinski definition) is 4. The first-order valence-electron chi connectivity index (χ1n) is 7.52. The summed E-state index contributed by atoms with van der Waals surface area (Å²) >= 11 is 0. The molecule has 4 N–H and O–H groups in total. The van der Waals surface area contributed by atoms with E-state index >= 15 is 0 Å². The smallest absolute Gasteiger partial charge is 0.207 e. The molecule has 0 aliphatic carbocycles. The summed E-state index contributed by atoms with van der Waals surface area (Å²) in [7, 11) is 5.47. The van der Waals surface area contributed by atoms with Crippen LogP contribution in [0.2, 0.25) is 0 Å². The summed E-state index contributed by atoms with van der Waals surface area (Å²) in [4.78, 5) is 0. The highest BCUT2D eigenvalue weighted by Crippen LogP contribution is 2.36. The van der Waals surface area contributed by atoms with Crippen LogP contribution in [0.5, 0.6) is 0 Å². The van der Waals surface area contributed by atoms with Gasteiger partial charge in [-0.1, -0.05) is 18.2 Å². The number of hydrogen-bond acceptors (Lipinski definition) is 5. The van der Waals surface area contributed by atoms with Crippen molar-refractivity contribution in [2.45, 2.75) is 12.2 Å². The van der Waals surface area contributed by atoms with E-state index in [-0.39, 0.29) is 12.2 Å². The maximum absolute atomic E-state index is 13.5. The third kappa shape index (κ3) is 2.82. The Bertz CT molecular complexity index is 703. The van der Waals surface area contributed by atoms with Gasteiger partial charge in [0.15, 0.2) is 6.35 Å². The van der Waals surface area contributed by atoms with Gasteiger partial charge in [-0.05, 0) is 56.5 Å². The van der Waals surface area contributed by atoms with Crippen molar-refractivity contribution in [3.05, 3.63) is 53.8 Å². The average molecular weight is 316 g/mol. The first kappa shape index (κ1) is 15.9. The zero-order chi connectivity index (χ0) is 16.4. The highest BCUT2D eigenvalue weighted by Gasteiger charge is 2.39. The number of nitrogens with one attached hydrogen (secondary N) is 4. The number of rotatable bonds is 4. The van der Waals surface area contributed by atoms with Crippen molar-refractivity contribution in [1.82, 2.24) is 16.0 Å². The fourth-order valence-corrected chi connectivity index (χ4v) is 2.86. The van der Waals surface area contributed by atoms with Gasteiger partial charge in [0, 0.05) is 11.3 Å².